The minimum Gasteiger partial charge on any atom is -0.466 e. The van der Waals surface area contributed by atoms with E-state index in [9.17, 15) is 71.3 Å². The molecule has 23 atom stereocenters. The summed E-state index contributed by atoms with van der Waals surface area (Å²) in [7, 11) is 0. The fourth-order valence-electron chi connectivity index (χ4n) is 6.98. The first kappa shape index (κ1) is 42.7. The van der Waals surface area contributed by atoms with Crippen molar-refractivity contribution in [1.82, 2.24) is 0 Å². The second-order valence-electron chi connectivity index (χ2n) is 13.9. The Bertz CT molecular complexity index is 1300. The summed E-state index contributed by atoms with van der Waals surface area (Å²) in [5.74, 6) is -0.653. The van der Waals surface area contributed by atoms with Gasteiger partial charge in [-0.2, -0.15) is 4.91 Å². The number of aliphatic hydroxyl groups is 13. The largest absolute Gasteiger partial charge is 0.466 e. The highest BCUT2D eigenvalue weighted by Gasteiger charge is 2.54. The molecular weight excluding hydrogens is 758 g/mol. The van der Waals surface area contributed by atoms with E-state index in [4.69, 9.17) is 47.4 Å². The van der Waals surface area contributed by atoms with Crippen molar-refractivity contribution in [2.24, 2.45) is 5.18 Å². The maximum absolute atomic E-state index is 12.3. The van der Waals surface area contributed by atoms with Crippen molar-refractivity contribution in [2.75, 3.05) is 26.4 Å². The Hall–Kier alpha value is -1.90. The summed E-state index contributed by atoms with van der Waals surface area (Å²) >= 11 is 0. The Morgan fingerprint density at radius 1 is 0.636 bits per heavy atom. The molecule has 25 nitrogen and oxygen atoms in total. The number of hydrogen-bond donors (Lipinski definition) is 13. The first-order valence-corrected chi connectivity index (χ1v) is 17.4. The fourth-order valence-corrected chi connectivity index (χ4v) is 6.98. The minimum atomic E-state index is -2.05. The van der Waals surface area contributed by atoms with Gasteiger partial charge in [0.2, 0.25) is 12.6 Å². The lowest BCUT2D eigenvalue weighted by molar-refractivity contribution is -0.355. The molecule has 0 aromatic carbocycles. The van der Waals surface area contributed by atoms with Crippen LogP contribution in [0.2, 0.25) is 0 Å². The number of aliphatic hydroxyl groups excluding tert-OH is 13. The van der Waals surface area contributed by atoms with Crippen LogP contribution in [0.25, 0.3) is 0 Å². The normalized spacial score (nSPS) is 53.3. The third kappa shape index (κ3) is 8.63. The molecule has 0 aromatic heterocycles. The number of ether oxygens (including phenoxy) is 10. The number of nitroso groups, excluding NO2 is 1. The minimum absolute atomic E-state index is 0.451. The van der Waals surface area contributed by atoms with Gasteiger partial charge in [0.05, 0.1) is 32.5 Å². The molecule has 5 saturated heterocycles. The van der Waals surface area contributed by atoms with Crippen molar-refractivity contribution in [3.05, 3.63) is 16.9 Å². The van der Waals surface area contributed by atoms with Gasteiger partial charge in [-0.25, -0.2) is 0 Å². The quantitative estimate of drug-likeness (QED) is 0.111. The van der Waals surface area contributed by atoms with Gasteiger partial charge in [-0.05, 0) is 0 Å². The predicted molar refractivity (Wildman–Crippen MR) is 165 cm³/mol. The molecule has 6 heterocycles. The monoisotopic (exact) mass is 805 g/mol. The molecule has 8 bridgehead atoms. The van der Waals surface area contributed by atoms with Gasteiger partial charge in [-0.3, -0.25) is 0 Å². The summed E-state index contributed by atoms with van der Waals surface area (Å²) in [6.45, 7) is -3.00. The average Bonchev–Trinajstić information content (AvgIpc) is 3.17. The molecule has 6 aliphatic rings. The fraction of sp³-hybridized carbons (Fsp3) is 0.933. The van der Waals surface area contributed by atoms with Crippen LogP contribution in [0.4, 0.5) is 0 Å². The van der Waals surface area contributed by atoms with Crippen LogP contribution < -0.4 is 0 Å². The van der Waals surface area contributed by atoms with Crippen molar-refractivity contribution in [3.63, 3.8) is 0 Å². The third-order valence-electron chi connectivity index (χ3n) is 10.2. The van der Waals surface area contributed by atoms with Gasteiger partial charge in [-0.1, -0.05) is 5.18 Å². The van der Waals surface area contributed by atoms with Gasteiger partial charge < -0.3 is 114 Å². The summed E-state index contributed by atoms with van der Waals surface area (Å²) in [6, 6.07) is -1.71. The van der Waals surface area contributed by atoms with Gasteiger partial charge in [-0.15, -0.1) is 0 Å². The molecule has 25 heteroatoms. The van der Waals surface area contributed by atoms with Gasteiger partial charge in [0, 0.05) is 6.42 Å². The highest BCUT2D eigenvalue weighted by atomic mass is 16.8. The van der Waals surface area contributed by atoms with Crippen molar-refractivity contribution < 1.29 is 114 Å². The molecule has 0 amide bonds. The molecule has 0 spiro atoms. The highest BCUT2D eigenvalue weighted by Crippen LogP contribution is 2.35. The van der Waals surface area contributed by atoms with Crippen LogP contribution in [0.15, 0.2) is 17.2 Å². The molecule has 18 unspecified atom stereocenters. The summed E-state index contributed by atoms with van der Waals surface area (Å²) < 4.78 is 56.2. The first-order chi connectivity index (χ1) is 26.2. The maximum Gasteiger partial charge on any atom is 0.229 e. The first-order valence-electron chi connectivity index (χ1n) is 17.4. The summed E-state index contributed by atoms with van der Waals surface area (Å²) in [6.07, 6.45) is -38.4. The maximum atomic E-state index is 12.3. The molecule has 55 heavy (non-hydrogen) atoms. The lowest BCUT2D eigenvalue weighted by Gasteiger charge is -2.46. The zero-order chi connectivity index (χ0) is 39.9. The van der Waals surface area contributed by atoms with Crippen LogP contribution in [0.1, 0.15) is 6.42 Å². The van der Waals surface area contributed by atoms with Crippen LogP contribution >= 0.6 is 0 Å². The number of rotatable bonds is 6. The molecule has 6 rings (SSSR count). The molecule has 316 valence electrons. The molecule has 13 N–H and O–H groups in total. The van der Waals surface area contributed by atoms with Gasteiger partial charge >= 0.3 is 0 Å². The van der Waals surface area contributed by atoms with E-state index >= 15 is 0 Å². The SMILES string of the molecule is O=NC1C(CO[C@@H]2OC(CO)C(O)C(O)C2O)OC2O/C=C3\O[C@H](OC4C(O)C(CO)OC(OCC5OC(CC(O)[C@@H]5O)O[C@H]1C2O)C4O)C(O)C(O)[C@@H]3O. The van der Waals surface area contributed by atoms with E-state index in [1.165, 1.54) is 0 Å². The van der Waals surface area contributed by atoms with Crippen molar-refractivity contribution in [2.45, 2.75) is 148 Å². The summed E-state index contributed by atoms with van der Waals surface area (Å²) in [5.41, 5.74) is 0. The molecule has 5 fully saturated rings. The van der Waals surface area contributed by atoms with Crippen LogP contribution in [-0.2, 0) is 47.4 Å². The standard InChI is InChI=1S/C30H47NO24/c32-2-8-16(36)19(39)21(41)27(50-8)46-4-10-14(31-45)25-23(43)28(52-10)48-6-12-17(37)20(40)22(42)30(53-12)55-26-18(38)9(3-33)51-29(24(26)44)47-5-11-15(35)7(34)1-13(49-11)54-25/h6-11,13-30,32-44H,1-5H2/b12-6-/t7?,8?,9?,10?,11?,13?,14?,15-,16?,17+,18?,19?,20?,21?,22?,23?,24?,25+,26?,27+,28?,29?,30+/m0/s1. The Labute approximate surface area is 310 Å². The van der Waals surface area contributed by atoms with E-state index in [2.05, 4.69) is 5.18 Å². The van der Waals surface area contributed by atoms with Gasteiger partial charge in [0.15, 0.2) is 24.6 Å². The number of fused-ring (bicyclic) bond motifs is 8. The Balaban J connectivity index is 1.32. The van der Waals surface area contributed by atoms with Crippen LogP contribution in [0.3, 0.4) is 0 Å². The predicted octanol–water partition coefficient (Wildman–Crippen LogP) is -8.60. The van der Waals surface area contributed by atoms with Crippen molar-refractivity contribution in [1.29, 1.82) is 0 Å². The second kappa shape index (κ2) is 17.9. The number of nitrogens with zero attached hydrogens (tertiary/aromatic N) is 1. The zero-order valence-corrected chi connectivity index (χ0v) is 28.6. The van der Waals surface area contributed by atoms with Crippen LogP contribution in [0.5, 0.6) is 0 Å². The van der Waals surface area contributed by atoms with E-state index in [1.54, 1.807) is 0 Å². The van der Waals surface area contributed by atoms with E-state index in [1.807, 2.05) is 0 Å². The van der Waals surface area contributed by atoms with Crippen molar-refractivity contribution >= 4 is 0 Å². The molecular formula is C30H47NO24. The summed E-state index contributed by atoms with van der Waals surface area (Å²) in [5, 5.41) is 140. The van der Waals surface area contributed by atoms with E-state index in [0.717, 1.165) is 0 Å². The van der Waals surface area contributed by atoms with E-state index < -0.39 is 180 Å². The average molecular weight is 806 g/mol. The van der Waals surface area contributed by atoms with Crippen molar-refractivity contribution in [3.8, 4) is 0 Å². The second-order valence-corrected chi connectivity index (χ2v) is 13.9. The number of hydrogen-bond acceptors (Lipinski definition) is 25. The van der Waals surface area contributed by atoms with E-state index in [-0.39, 0.29) is 0 Å². The molecule has 0 saturated carbocycles. The molecule has 6 aliphatic heterocycles. The smallest absolute Gasteiger partial charge is 0.229 e. The molecule has 0 aromatic rings. The zero-order valence-electron chi connectivity index (χ0n) is 28.6. The highest BCUT2D eigenvalue weighted by molar-refractivity contribution is 5.07. The lowest BCUT2D eigenvalue weighted by atomic mass is 9.96. The Morgan fingerprint density at radius 2 is 1.31 bits per heavy atom. The topological polar surface area (TPSA) is 385 Å². The Kier molecular flexibility index (Phi) is 13.9. The van der Waals surface area contributed by atoms with Crippen LogP contribution in [0, 0.1) is 4.91 Å². The van der Waals surface area contributed by atoms with Crippen LogP contribution in [-0.4, -0.2) is 234 Å². The summed E-state index contributed by atoms with van der Waals surface area (Å²) in [4.78, 5) is 12.3. The molecule has 0 aliphatic carbocycles. The molecule has 0 radical (unpaired) electrons. The van der Waals surface area contributed by atoms with E-state index in [0.29, 0.717) is 6.26 Å². The Morgan fingerprint density at radius 3 is 2.00 bits per heavy atom. The lowest BCUT2D eigenvalue weighted by Crippen LogP contribution is -2.64. The van der Waals surface area contributed by atoms with Gasteiger partial charge in [0.25, 0.3) is 0 Å². The third-order valence-corrected chi connectivity index (χ3v) is 10.2. The van der Waals surface area contributed by atoms with Gasteiger partial charge in [0.1, 0.15) is 110 Å².